The number of carbonyl (C=O) groups excluding carboxylic acids is 1. The van der Waals surface area contributed by atoms with E-state index in [1.807, 2.05) is 12.1 Å². The number of hydrogen-bond acceptors (Lipinski definition) is 6. The topological polar surface area (TPSA) is 89.1 Å². The fraction of sp³-hybridized carbons (Fsp3) is 0.211. The maximum Gasteiger partial charge on any atom is 0.234 e. The number of aryl methyl sites for hydroxylation is 1. The van der Waals surface area contributed by atoms with Crippen LogP contribution in [0, 0.1) is 0 Å². The predicted octanol–water partition coefficient (Wildman–Crippen LogP) is 3.49. The second-order valence-corrected chi connectivity index (χ2v) is 6.86. The first-order valence-electron chi connectivity index (χ1n) is 8.55. The molecule has 7 nitrogen and oxygen atoms in total. The van der Waals surface area contributed by atoms with E-state index in [1.165, 1.54) is 17.3 Å². The molecule has 0 saturated heterocycles. The lowest BCUT2D eigenvalue weighted by Gasteiger charge is -2.05. The Labute approximate surface area is 160 Å². The number of H-pyrrole nitrogens is 1. The van der Waals surface area contributed by atoms with Crippen molar-refractivity contribution in [3.05, 3.63) is 48.0 Å². The van der Waals surface area contributed by atoms with Gasteiger partial charge < -0.3 is 14.8 Å². The zero-order valence-corrected chi connectivity index (χ0v) is 15.5. The molecule has 2 aromatic carbocycles. The van der Waals surface area contributed by atoms with E-state index in [4.69, 9.17) is 9.47 Å². The van der Waals surface area contributed by atoms with Gasteiger partial charge in [-0.05, 0) is 24.1 Å². The zero-order valence-electron chi connectivity index (χ0n) is 14.7. The molecule has 1 aliphatic heterocycles. The van der Waals surface area contributed by atoms with Crippen molar-refractivity contribution in [1.82, 2.24) is 15.2 Å². The van der Waals surface area contributed by atoms with Crippen LogP contribution >= 0.6 is 11.8 Å². The van der Waals surface area contributed by atoms with E-state index in [1.54, 1.807) is 18.2 Å². The van der Waals surface area contributed by atoms with E-state index in [9.17, 15) is 4.79 Å². The molecule has 0 bridgehead atoms. The number of carbonyl (C=O) groups is 1. The summed E-state index contributed by atoms with van der Waals surface area (Å²) in [6.45, 7) is 2.32. The van der Waals surface area contributed by atoms with Crippen LogP contribution in [0.4, 0.5) is 5.69 Å². The average molecular weight is 382 g/mol. The Morgan fingerprint density at radius 1 is 1.19 bits per heavy atom. The molecule has 0 unspecified atom stereocenters. The molecule has 0 aliphatic carbocycles. The Bertz CT molecular complexity index is 956. The number of hydrogen-bond donors (Lipinski definition) is 2. The molecule has 0 saturated carbocycles. The Morgan fingerprint density at radius 3 is 2.81 bits per heavy atom. The number of aromatic amines is 1. The van der Waals surface area contributed by atoms with Gasteiger partial charge in [0, 0.05) is 17.3 Å². The molecule has 8 heteroatoms. The van der Waals surface area contributed by atoms with Crippen LogP contribution in [-0.4, -0.2) is 33.6 Å². The lowest BCUT2D eigenvalue weighted by atomic mass is 10.1. The second kappa shape index (κ2) is 7.71. The van der Waals surface area contributed by atoms with Crippen LogP contribution in [0.2, 0.25) is 0 Å². The van der Waals surface area contributed by atoms with E-state index in [0.29, 0.717) is 28.2 Å². The van der Waals surface area contributed by atoms with Gasteiger partial charge in [0.15, 0.2) is 17.3 Å². The smallest absolute Gasteiger partial charge is 0.234 e. The number of thioether (sulfide) groups is 1. The Hall–Kier alpha value is -3.00. The van der Waals surface area contributed by atoms with Crippen LogP contribution in [0.15, 0.2) is 47.6 Å². The number of nitrogens with one attached hydrogen (secondary N) is 2. The quantitative estimate of drug-likeness (QED) is 0.635. The van der Waals surface area contributed by atoms with Crippen LogP contribution in [0.5, 0.6) is 11.5 Å². The SMILES string of the molecule is CCc1ccc(-c2nc(SCC(=O)Nc3ccc4c(c3)OCO4)n[nH]2)cc1. The van der Waals surface area contributed by atoms with Crippen LogP contribution in [0.1, 0.15) is 12.5 Å². The minimum Gasteiger partial charge on any atom is -0.454 e. The normalized spacial score (nSPS) is 12.2. The van der Waals surface area contributed by atoms with Gasteiger partial charge in [0.1, 0.15) is 0 Å². The molecule has 0 atom stereocenters. The third-order valence-corrected chi connectivity index (χ3v) is 4.94. The molecule has 4 rings (SSSR count). The predicted molar refractivity (Wildman–Crippen MR) is 103 cm³/mol. The number of ether oxygens (including phenoxy) is 2. The highest BCUT2D eigenvalue weighted by Gasteiger charge is 2.15. The van der Waals surface area contributed by atoms with Crippen LogP contribution in [0.25, 0.3) is 11.4 Å². The first-order chi connectivity index (χ1) is 13.2. The summed E-state index contributed by atoms with van der Waals surface area (Å²) in [6.07, 6.45) is 0.996. The van der Waals surface area contributed by atoms with Gasteiger partial charge in [0.2, 0.25) is 17.9 Å². The average Bonchev–Trinajstić information content (AvgIpc) is 3.35. The van der Waals surface area contributed by atoms with E-state index in [0.717, 1.165) is 12.0 Å². The summed E-state index contributed by atoms with van der Waals surface area (Å²) in [5.74, 6) is 2.07. The van der Waals surface area contributed by atoms with Gasteiger partial charge in [-0.1, -0.05) is 43.0 Å². The number of fused-ring (bicyclic) bond motifs is 1. The Kier molecular flexibility index (Phi) is 4.97. The summed E-state index contributed by atoms with van der Waals surface area (Å²) >= 11 is 1.27. The monoisotopic (exact) mass is 382 g/mol. The molecule has 1 aromatic heterocycles. The van der Waals surface area contributed by atoms with Crippen molar-refractivity contribution in [3.63, 3.8) is 0 Å². The molecule has 138 valence electrons. The van der Waals surface area contributed by atoms with Crippen molar-refractivity contribution in [2.75, 3.05) is 17.9 Å². The lowest BCUT2D eigenvalue weighted by Crippen LogP contribution is -2.14. The Morgan fingerprint density at radius 2 is 2.00 bits per heavy atom. The largest absolute Gasteiger partial charge is 0.454 e. The molecule has 2 heterocycles. The summed E-state index contributed by atoms with van der Waals surface area (Å²) < 4.78 is 10.6. The highest BCUT2D eigenvalue weighted by molar-refractivity contribution is 7.99. The van der Waals surface area contributed by atoms with E-state index >= 15 is 0 Å². The summed E-state index contributed by atoms with van der Waals surface area (Å²) in [5, 5.41) is 10.5. The van der Waals surface area contributed by atoms with Crippen molar-refractivity contribution in [3.8, 4) is 22.9 Å². The van der Waals surface area contributed by atoms with Gasteiger partial charge in [0.25, 0.3) is 0 Å². The molecular formula is C19H18N4O3S. The van der Waals surface area contributed by atoms with Gasteiger partial charge in [-0.3, -0.25) is 9.89 Å². The zero-order chi connectivity index (χ0) is 18.6. The summed E-state index contributed by atoms with van der Waals surface area (Å²) in [5.41, 5.74) is 2.90. The molecule has 0 radical (unpaired) electrons. The lowest BCUT2D eigenvalue weighted by molar-refractivity contribution is -0.113. The van der Waals surface area contributed by atoms with Crippen molar-refractivity contribution < 1.29 is 14.3 Å². The summed E-state index contributed by atoms with van der Waals surface area (Å²) in [7, 11) is 0. The van der Waals surface area contributed by atoms with E-state index < -0.39 is 0 Å². The fourth-order valence-corrected chi connectivity index (χ4v) is 3.24. The molecule has 0 fully saturated rings. The number of benzene rings is 2. The van der Waals surface area contributed by atoms with Gasteiger partial charge in [-0.15, -0.1) is 5.10 Å². The van der Waals surface area contributed by atoms with Crippen molar-refractivity contribution >= 4 is 23.4 Å². The maximum absolute atomic E-state index is 12.2. The van der Waals surface area contributed by atoms with Gasteiger partial charge in [-0.2, -0.15) is 0 Å². The van der Waals surface area contributed by atoms with Crippen molar-refractivity contribution in [2.24, 2.45) is 0 Å². The number of anilines is 1. The molecule has 3 aromatic rings. The molecular weight excluding hydrogens is 364 g/mol. The highest BCUT2D eigenvalue weighted by Crippen LogP contribution is 2.34. The molecule has 1 amide bonds. The first kappa shape index (κ1) is 17.4. The standard InChI is InChI=1S/C19H18N4O3S/c1-2-12-3-5-13(6-4-12)18-21-19(23-22-18)27-10-17(24)20-14-7-8-15-16(9-14)26-11-25-15/h3-9H,2,10-11H2,1H3,(H,20,24)(H,21,22,23). The van der Waals surface area contributed by atoms with Crippen LogP contribution in [0.3, 0.4) is 0 Å². The van der Waals surface area contributed by atoms with Gasteiger partial charge in [-0.25, -0.2) is 4.98 Å². The minimum atomic E-state index is -0.141. The Balaban J connectivity index is 1.33. The van der Waals surface area contributed by atoms with Gasteiger partial charge >= 0.3 is 0 Å². The van der Waals surface area contributed by atoms with Crippen LogP contribution in [-0.2, 0) is 11.2 Å². The third kappa shape index (κ3) is 4.06. The second-order valence-electron chi connectivity index (χ2n) is 5.92. The molecule has 1 aliphatic rings. The minimum absolute atomic E-state index is 0.141. The number of rotatable bonds is 6. The first-order valence-corrected chi connectivity index (χ1v) is 9.54. The molecule has 27 heavy (non-hydrogen) atoms. The van der Waals surface area contributed by atoms with E-state index in [2.05, 4.69) is 39.6 Å². The van der Waals surface area contributed by atoms with E-state index in [-0.39, 0.29) is 18.5 Å². The highest BCUT2D eigenvalue weighted by atomic mass is 32.2. The molecule has 0 spiro atoms. The van der Waals surface area contributed by atoms with Gasteiger partial charge in [0.05, 0.1) is 5.75 Å². The van der Waals surface area contributed by atoms with Crippen molar-refractivity contribution in [2.45, 2.75) is 18.5 Å². The number of aromatic nitrogens is 3. The summed E-state index contributed by atoms with van der Waals surface area (Å²) in [4.78, 5) is 16.6. The fourth-order valence-electron chi connectivity index (χ4n) is 2.64. The molecule has 2 N–H and O–H groups in total. The van der Waals surface area contributed by atoms with Crippen molar-refractivity contribution in [1.29, 1.82) is 0 Å². The number of nitrogens with zero attached hydrogens (tertiary/aromatic N) is 2. The third-order valence-electron chi connectivity index (χ3n) is 4.09. The number of amides is 1. The van der Waals surface area contributed by atoms with Crippen LogP contribution < -0.4 is 14.8 Å². The summed E-state index contributed by atoms with van der Waals surface area (Å²) in [6, 6.07) is 13.5. The maximum atomic E-state index is 12.2.